The molecule has 0 fully saturated rings. The molecule has 0 atom stereocenters. The Balaban J connectivity index is 2.81. The van der Waals surface area contributed by atoms with Gasteiger partial charge in [-0.25, -0.2) is 0 Å². The normalized spacial score (nSPS) is 10.2. The summed E-state index contributed by atoms with van der Waals surface area (Å²) in [5.74, 6) is -1.31. The zero-order valence-electron chi connectivity index (χ0n) is 8.44. The van der Waals surface area contributed by atoms with E-state index in [1.807, 2.05) is 24.3 Å². The van der Waals surface area contributed by atoms with E-state index < -0.39 is 11.8 Å². The maximum atomic E-state index is 11.2. The molecule has 0 aliphatic carbocycles. The predicted molar refractivity (Wildman–Crippen MR) is 61.0 cm³/mol. The average molecular weight is 214 g/mol. The maximum absolute atomic E-state index is 11.2. The zero-order valence-corrected chi connectivity index (χ0v) is 8.44. The van der Waals surface area contributed by atoms with Crippen LogP contribution in [0.4, 0.5) is 0 Å². The first-order chi connectivity index (χ1) is 7.59. The van der Waals surface area contributed by atoms with E-state index in [1.54, 1.807) is 12.1 Å². The topological polar surface area (TPSA) is 86.2 Å². The second-order valence-corrected chi connectivity index (χ2v) is 3.47. The van der Waals surface area contributed by atoms with Gasteiger partial charge in [0.25, 0.3) is 0 Å². The molecule has 4 N–H and O–H groups in total. The van der Waals surface area contributed by atoms with Gasteiger partial charge in [-0.1, -0.05) is 24.3 Å². The van der Waals surface area contributed by atoms with E-state index in [9.17, 15) is 9.59 Å². The molecular weight excluding hydrogens is 204 g/mol. The van der Waals surface area contributed by atoms with Gasteiger partial charge in [0.1, 0.15) is 0 Å². The SMILES string of the molecule is NC(=O)c1cc2ccccc2cc1C(N)=O. The Kier molecular flexibility index (Phi) is 2.32. The van der Waals surface area contributed by atoms with Gasteiger partial charge in [0.2, 0.25) is 11.8 Å². The molecule has 0 spiro atoms. The highest BCUT2D eigenvalue weighted by Gasteiger charge is 2.13. The van der Waals surface area contributed by atoms with Gasteiger partial charge < -0.3 is 11.5 Å². The molecule has 0 saturated carbocycles. The summed E-state index contributed by atoms with van der Waals surface area (Å²) >= 11 is 0. The summed E-state index contributed by atoms with van der Waals surface area (Å²) < 4.78 is 0. The zero-order chi connectivity index (χ0) is 11.7. The molecule has 0 aliphatic heterocycles. The quantitative estimate of drug-likeness (QED) is 0.782. The van der Waals surface area contributed by atoms with Crippen LogP contribution in [0.1, 0.15) is 20.7 Å². The standard InChI is InChI=1S/C12H10N2O2/c13-11(15)9-5-7-3-1-2-4-8(7)6-10(9)12(14)16/h1-6H,(H2,13,15)(H2,14,16). The lowest BCUT2D eigenvalue weighted by atomic mass is 10.00. The van der Waals surface area contributed by atoms with Gasteiger partial charge in [-0.3, -0.25) is 9.59 Å². The van der Waals surface area contributed by atoms with E-state index >= 15 is 0 Å². The molecule has 2 rings (SSSR count). The third kappa shape index (κ3) is 1.61. The van der Waals surface area contributed by atoms with Gasteiger partial charge in [-0.15, -0.1) is 0 Å². The Hall–Kier alpha value is -2.36. The van der Waals surface area contributed by atoms with Crippen molar-refractivity contribution >= 4 is 22.6 Å². The van der Waals surface area contributed by atoms with Crippen molar-refractivity contribution in [2.75, 3.05) is 0 Å². The number of primary amides is 2. The Morgan fingerprint density at radius 3 is 1.50 bits per heavy atom. The third-order valence-electron chi connectivity index (χ3n) is 2.42. The fraction of sp³-hybridized carbons (Fsp3) is 0. The molecule has 0 saturated heterocycles. The molecular formula is C12H10N2O2. The molecule has 0 heterocycles. The van der Waals surface area contributed by atoms with E-state index in [-0.39, 0.29) is 11.1 Å². The van der Waals surface area contributed by atoms with Crippen LogP contribution in [0.15, 0.2) is 36.4 Å². The molecule has 16 heavy (non-hydrogen) atoms. The van der Waals surface area contributed by atoms with Gasteiger partial charge in [0, 0.05) is 0 Å². The fourth-order valence-corrected chi connectivity index (χ4v) is 1.65. The summed E-state index contributed by atoms with van der Waals surface area (Å²) in [6.07, 6.45) is 0. The highest BCUT2D eigenvalue weighted by atomic mass is 16.2. The number of carbonyl (C=O) groups is 2. The summed E-state index contributed by atoms with van der Waals surface area (Å²) in [7, 11) is 0. The van der Waals surface area contributed by atoms with Crippen LogP contribution in [-0.2, 0) is 0 Å². The van der Waals surface area contributed by atoms with E-state index in [4.69, 9.17) is 11.5 Å². The maximum Gasteiger partial charge on any atom is 0.249 e. The van der Waals surface area contributed by atoms with Crippen molar-refractivity contribution in [1.82, 2.24) is 0 Å². The first-order valence-electron chi connectivity index (χ1n) is 4.72. The molecule has 0 aromatic heterocycles. The Labute approximate surface area is 91.8 Å². The lowest BCUT2D eigenvalue weighted by molar-refractivity contribution is 0.0967. The van der Waals surface area contributed by atoms with Gasteiger partial charge in [0.15, 0.2) is 0 Å². The number of benzene rings is 2. The van der Waals surface area contributed by atoms with Gasteiger partial charge in [-0.2, -0.15) is 0 Å². The summed E-state index contributed by atoms with van der Waals surface area (Å²) in [6.45, 7) is 0. The van der Waals surface area contributed by atoms with E-state index in [0.717, 1.165) is 10.8 Å². The number of hydrogen-bond acceptors (Lipinski definition) is 2. The first kappa shape index (κ1) is 10.2. The molecule has 0 aliphatic rings. The minimum absolute atomic E-state index is 0.159. The number of rotatable bonds is 2. The number of nitrogens with two attached hydrogens (primary N) is 2. The van der Waals surface area contributed by atoms with Crippen molar-refractivity contribution < 1.29 is 9.59 Å². The van der Waals surface area contributed by atoms with Gasteiger partial charge >= 0.3 is 0 Å². The van der Waals surface area contributed by atoms with Crippen LogP contribution < -0.4 is 11.5 Å². The van der Waals surface area contributed by atoms with Crippen molar-refractivity contribution in [1.29, 1.82) is 0 Å². The lowest BCUT2D eigenvalue weighted by Gasteiger charge is -2.05. The molecule has 2 aromatic rings. The molecule has 4 heteroatoms. The van der Waals surface area contributed by atoms with Crippen LogP contribution in [0, 0.1) is 0 Å². The van der Waals surface area contributed by atoms with Crippen LogP contribution in [0.3, 0.4) is 0 Å². The molecule has 80 valence electrons. The second-order valence-electron chi connectivity index (χ2n) is 3.47. The van der Waals surface area contributed by atoms with Crippen LogP contribution >= 0.6 is 0 Å². The second kappa shape index (κ2) is 3.66. The van der Waals surface area contributed by atoms with Crippen LogP contribution in [0.2, 0.25) is 0 Å². The van der Waals surface area contributed by atoms with E-state index in [0.29, 0.717) is 0 Å². The van der Waals surface area contributed by atoms with Crippen molar-refractivity contribution in [2.24, 2.45) is 11.5 Å². The highest BCUT2D eigenvalue weighted by molar-refractivity contribution is 6.09. The minimum Gasteiger partial charge on any atom is -0.366 e. The summed E-state index contributed by atoms with van der Waals surface area (Å²) in [4.78, 5) is 22.4. The van der Waals surface area contributed by atoms with Crippen molar-refractivity contribution in [2.45, 2.75) is 0 Å². The van der Waals surface area contributed by atoms with Crippen LogP contribution in [0.25, 0.3) is 10.8 Å². The van der Waals surface area contributed by atoms with Crippen LogP contribution in [-0.4, -0.2) is 11.8 Å². The predicted octanol–water partition coefficient (Wildman–Crippen LogP) is 1.04. The summed E-state index contributed by atoms with van der Waals surface area (Å²) in [5.41, 5.74) is 10.7. The lowest BCUT2D eigenvalue weighted by Crippen LogP contribution is -2.20. The molecule has 2 aromatic carbocycles. The van der Waals surface area contributed by atoms with Gasteiger partial charge in [-0.05, 0) is 22.9 Å². The monoisotopic (exact) mass is 214 g/mol. The summed E-state index contributed by atoms with van der Waals surface area (Å²) in [5, 5.41) is 1.70. The number of fused-ring (bicyclic) bond motifs is 1. The Bertz CT molecular complexity index is 538. The van der Waals surface area contributed by atoms with Crippen LogP contribution in [0.5, 0.6) is 0 Å². The minimum atomic E-state index is -0.653. The van der Waals surface area contributed by atoms with E-state index in [2.05, 4.69) is 0 Å². The van der Waals surface area contributed by atoms with Crippen molar-refractivity contribution in [3.63, 3.8) is 0 Å². The van der Waals surface area contributed by atoms with Crippen molar-refractivity contribution in [3.8, 4) is 0 Å². The fourth-order valence-electron chi connectivity index (χ4n) is 1.65. The number of carbonyl (C=O) groups excluding carboxylic acids is 2. The van der Waals surface area contributed by atoms with Gasteiger partial charge in [0.05, 0.1) is 11.1 Å². The van der Waals surface area contributed by atoms with Crippen molar-refractivity contribution in [3.05, 3.63) is 47.5 Å². The molecule has 2 amide bonds. The molecule has 0 bridgehead atoms. The molecule has 0 radical (unpaired) electrons. The largest absolute Gasteiger partial charge is 0.366 e. The van der Waals surface area contributed by atoms with E-state index in [1.165, 1.54) is 0 Å². The molecule has 0 unspecified atom stereocenters. The smallest absolute Gasteiger partial charge is 0.249 e. The number of amides is 2. The average Bonchev–Trinajstić information content (AvgIpc) is 2.27. The Morgan fingerprint density at radius 1 is 0.812 bits per heavy atom. The Morgan fingerprint density at radius 2 is 1.19 bits per heavy atom. The molecule has 4 nitrogen and oxygen atoms in total. The third-order valence-corrected chi connectivity index (χ3v) is 2.42. The summed E-state index contributed by atoms with van der Waals surface area (Å²) in [6, 6.07) is 10.5. The first-order valence-corrected chi connectivity index (χ1v) is 4.72. The number of hydrogen-bond donors (Lipinski definition) is 2. The highest BCUT2D eigenvalue weighted by Crippen LogP contribution is 2.19.